The SMILES string of the molecule is COc1cc(Cl)ccc1C1=C(OS(=O)(=O)C(F)(F)F)CCCC1. The van der Waals surface area contributed by atoms with Gasteiger partial charge < -0.3 is 8.92 Å². The first kappa shape index (κ1) is 17.9. The molecule has 0 unspecified atom stereocenters. The Morgan fingerprint density at radius 2 is 1.83 bits per heavy atom. The highest BCUT2D eigenvalue weighted by Crippen LogP contribution is 2.40. The molecule has 128 valence electrons. The van der Waals surface area contributed by atoms with E-state index in [-0.39, 0.29) is 12.2 Å². The first-order valence-corrected chi connectivity index (χ1v) is 8.51. The van der Waals surface area contributed by atoms with Crippen molar-refractivity contribution in [3.8, 4) is 5.75 Å². The van der Waals surface area contributed by atoms with Crippen LogP contribution in [0.2, 0.25) is 5.02 Å². The van der Waals surface area contributed by atoms with Crippen molar-refractivity contribution in [1.29, 1.82) is 0 Å². The Kier molecular flexibility index (Phi) is 5.15. The molecule has 0 spiro atoms. The molecule has 1 aromatic carbocycles. The molecule has 2 rings (SSSR count). The molecule has 0 bridgehead atoms. The Balaban J connectivity index is 2.50. The smallest absolute Gasteiger partial charge is 0.496 e. The van der Waals surface area contributed by atoms with Crippen LogP contribution < -0.4 is 4.74 Å². The van der Waals surface area contributed by atoms with Crippen molar-refractivity contribution in [1.82, 2.24) is 0 Å². The lowest BCUT2D eigenvalue weighted by Crippen LogP contribution is -2.26. The lowest BCUT2D eigenvalue weighted by atomic mass is 9.91. The van der Waals surface area contributed by atoms with Crippen molar-refractivity contribution in [3.05, 3.63) is 34.5 Å². The zero-order chi connectivity index (χ0) is 17.3. The summed E-state index contributed by atoms with van der Waals surface area (Å²) in [5.74, 6) is 0.147. The third-order valence-electron chi connectivity index (χ3n) is 3.40. The van der Waals surface area contributed by atoms with Gasteiger partial charge in [0.15, 0.2) is 0 Å². The molecule has 23 heavy (non-hydrogen) atoms. The van der Waals surface area contributed by atoms with Crippen LogP contribution in [0.15, 0.2) is 24.0 Å². The molecule has 0 radical (unpaired) electrons. The molecule has 0 aromatic heterocycles. The minimum Gasteiger partial charge on any atom is -0.496 e. The van der Waals surface area contributed by atoms with Gasteiger partial charge in [0.05, 0.1) is 7.11 Å². The maximum Gasteiger partial charge on any atom is 0.534 e. The standard InChI is InChI=1S/C14H14ClF3O4S/c1-21-13-8-9(15)6-7-11(13)10-4-2-3-5-12(10)22-23(19,20)14(16,17)18/h6-8H,2-5H2,1H3. The molecule has 1 aliphatic rings. The minimum absolute atomic E-state index is 0.108. The van der Waals surface area contributed by atoms with Crippen LogP contribution >= 0.6 is 11.6 Å². The zero-order valence-corrected chi connectivity index (χ0v) is 13.7. The first-order chi connectivity index (χ1) is 10.7. The Hall–Kier alpha value is -1.41. The normalized spacial score (nSPS) is 16.4. The highest BCUT2D eigenvalue weighted by atomic mass is 35.5. The average molecular weight is 371 g/mol. The van der Waals surface area contributed by atoms with Gasteiger partial charge in [0, 0.05) is 22.6 Å². The van der Waals surface area contributed by atoms with Crippen LogP contribution in [-0.4, -0.2) is 21.0 Å². The molecular formula is C14H14ClF3O4S. The largest absolute Gasteiger partial charge is 0.534 e. The summed E-state index contributed by atoms with van der Waals surface area (Å²) in [5, 5.41) is 0.396. The van der Waals surface area contributed by atoms with Crippen molar-refractivity contribution < 1.29 is 30.5 Å². The van der Waals surface area contributed by atoms with Crippen LogP contribution in [0.3, 0.4) is 0 Å². The van der Waals surface area contributed by atoms with E-state index in [2.05, 4.69) is 4.18 Å². The van der Waals surface area contributed by atoms with Gasteiger partial charge in [-0.25, -0.2) is 0 Å². The number of rotatable bonds is 4. The zero-order valence-electron chi connectivity index (χ0n) is 12.1. The van der Waals surface area contributed by atoms with Crippen LogP contribution in [0.1, 0.15) is 31.2 Å². The maximum absolute atomic E-state index is 12.5. The molecule has 0 heterocycles. The molecule has 0 atom stereocenters. The van der Waals surface area contributed by atoms with Crippen molar-refractivity contribution in [2.75, 3.05) is 7.11 Å². The van der Waals surface area contributed by atoms with E-state index in [4.69, 9.17) is 16.3 Å². The predicted molar refractivity (Wildman–Crippen MR) is 79.5 cm³/mol. The second kappa shape index (κ2) is 6.60. The number of methoxy groups -OCH3 is 1. The van der Waals surface area contributed by atoms with Crippen LogP contribution in [0, 0.1) is 0 Å². The van der Waals surface area contributed by atoms with Gasteiger partial charge in [-0.1, -0.05) is 11.6 Å². The molecule has 0 amide bonds. The van der Waals surface area contributed by atoms with Crippen molar-refractivity contribution >= 4 is 27.3 Å². The lowest BCUT2D eigenvalue weighted by molar-refractivity contribution is -0.0523. The fourth-order valence-electron chi connectivity index (χ4n) is 2.35. The number of benzene rings is 1. The molecule has 1 aromatic rings. The van der Waals surface area contributed by atoms with Crippen molar-refractivity contribution in [2.24, 2.45) is 0 Å². The molecule has 4 nitrogen and oxygen atoms in total. The summed E-state index contributed by atoms with van der Waals surface area (Å²) in [4.78, 5) is 0. The van der Waals surface area contributed by atoms with Gasteiger partial charge in [-0.05, 0) is 37.5 Å². The van der Waals surface area contributed by atoms with E-state index in [0.717, 1.165) is 0 Å². The third kappa shape index (κ3) is 3.92. The van der Waals surface area contributed by atoms with Crippen molar-refractivity contribution in [3.63, 3.8) is 0 Å². The quantitative estimate of drug-likeness (QED) is 0.578. The summed E-state index contributed by atoms with van der Waals surface area (Å²) in [5.41, 5.74) is -4.60. The number of alkyl halides is 3. The molecule has 0 saturated heterocycles. The molecule has 0 saturated carbocycles. The fourth-order valence-corrected chi connectivity index (χ4v) is 3.05. The second-order valence-electron chi connectivity index (χ2n) is 4.94. The monoisotopic (exact) mass is 370 g/mol. The van der Waals surface area contributed by atoms with E-state index in [1.54, 1.807) is 12.1 Å². The Morgan fingerprint density at radius 1 is 1.17 bits per heavy atom. The average Bonchev–Trinajstić information content (AvgIpc) is 2.46. The van der Waals surface area contributed by atoms with Gasteiger partial charge in [-0.15, -0.1) is 0 Å². The van der Waals surface area contributed by atoms with Crippen molar-refractivity contribution in [2.45, 2.75) is 31.2 Å². The van der Waals surface area contributed by atoms with Crippen LogP contribution in [0.4, 0.5) is 13.2 Å². The Morgan fingerprint density at radius 3 is 2.43 bits per heavy atom. The van der Waals surface area contributed by atoms with Crippen LogP contribution in [-0.2, 0) is 14.3 Å². The van der Waals surface area contributed by atoms with E-state index in [0.29, 0.717) is 41.2 Å². The highest BCUT2D eigenvalue weighted by Gasteiger charge is 2.49. The Bertz CT molecular complexity index is 726. The summed E-state index contributed by atoms with van der Waals surface area (Å²) < 4.78 is 69.7. The molecule has 1 aliphatic carbocycles. The first-order valence-electron chi connectivity index (χ1n) is 6.72. The number of hydrogen-bond acceptors (Lipinski definition) is 4. The van der Waals surface area contributed by atoms with Gasteiger partial charge >= 0.3 is 15.6 Å². The van der Waals surface area contributed by atoms with E-state index < -0.39 is 15.6 Å². The number of hydrogen-bond donors (Lipinski definition) is 0. The van der Waals surface area contributed by atoms with Gasteiger partial charge in [-0.3, -0.25) is 0 Å². The summed E-state index contributed by atoms with van der Waals surface area (Å²) in [6, 6.07) is 4.64. The summed E-state index contributed by atoms with van der Waals surface area (Å²) >= 11 is 5.87. The van der Waals surface area contributed by atoms with Gasteiger partial charge in [-0.2, -0.15) is 21.6 Å². The topological polar surface area (TPSA) is 52.6 Å². The summed E-state index contributed by atoms with van der Waals surface area (Å²) in [6.07, 6.45) is 1.75. The summed E-state index contributed by atoms with van der Waals surface area (Å²) in [6.45, 7) is 0. The van der Waals surface area contributed by atoms with Crippen LogP contribution in [0.5, 0.6) is 5.75 Å². The molecular weight excluding hydrogens is 357 g/mol. The molecule has 0 N–H and O–H groups in total. The number of ether oxygens (including phenoxy) is 1. The maximum atomic E-state index is 12.5. The second-order valence-corrected chi connectivity index (χ2v) is 6.91. The lowest BCUT2D eigenvalue weighted by Gasteiger charge is -2.22. The molecule has 9 heteroatoms. The van der Waals surface area contributed by atoms with E-state index in [9.17, 15) is 21.6 Å². The predicted octanol–water partition coefficient (Wildman–Crippen LogP) is 4.50. The van der Waals surface area contributed by atoms with E-state index >= 15 is 0 Å². The molecule has 0 aliphatic heterocycles. The number of halogens is 4. The van der Waals surface area contributed by atoms with E-state index in [1.165, 1.54) is 13.2 Å². The van der Waals surface area contributed by atoms with Gasteiger partial charge in [0.1, 0.15) is 11.5 Å². The minimum atomic E-state index is -5.69. The third-order valence-corrected chi connectivity index (χ3v) is 4.62. The highest BCUT2D eigenvalue weighted by molar-refractivity contribution is 7.87. The van der Waals surface area contributed by atoms with Gasteiger partial charge in [0.25, 0.3) is 0 Å². The summed E-state index contributed by atoms with van der Waals surface area (Å²) in [7, 11) is -4.30. The van der Waals surface area contributed by atoms with Gasteiger partial charge in [0.2, 0.25) is 0 Å². The molecule has 0 fully saturated rings. The Labute approximate surface area is 137 Å². The fraction of sp³-hybridized carbons (Fsp3) is 0.429. The van der Waals surface area contributed by atoms with E-state index in [1.807, 2.05) is 0 Å². The number of allylic oxidation sites excluding steroid dienone is 2. The van der Waals surface area contributed by atoms with Crippen LogP contribution in [0.25, 0.3) is 5.57 Å².